The van der Waals surface area contributed by atoms with Crippen LogP contribution in [0.3, 0.4) is 0 Å². The van der Waals surface area contributed by atoms with Gasteiger partial charge in [-0.2, -0.15) is 5.10 Å². The predicted octanol–water partition coefficient (Wildman–Crippen LogP) is 5.07. The summed E-state index contributed by atoms with van der Waals surface area (Å²) in [7, 11) is 0. The highest BCUT2D eigenvalue weighted by Gasteiger charge is 2.16. The van der Waals surface area contributed by atoms with Crippen molar-refractivity contribution in [1.29, 1.82) is 0 Å². The maximum absolute atomic E-state index is 14.5. The Labute approximate surface area is 177 Å². The summed E-state index contributed by atoms with van der Waals surface area (Å²) in [4.78, 5) is 12.3. The van der Waals surface area contributed by atoms with Crippen molar-refractivity contribution in [3.8, 4) is 0 Å². The molecule has 0 bridgehead atoms. The van der Waals surface area contributed by atoms with E-state index in [1.807, 2.05) is 6.07 Å². The fourth-order valence-corrected chi connectivity index (χ4v) is 3.20. The molecule has 0 aliphatic carbocycles. The Kier molecular flexibility index (Phi) is 5.86. The van der Waals surface area contributed by atoms with Crippen LogP contribution >= 0.6 is 0 Å². The molecule has 1 aromatic heterocycles. The van der Waals surface area contributed by atoms with Gasteiger partial charge >= 0.3 is 0 Å². The summed E-state index contributed by atoms with van der Waals surface area (Å²) in [6.07, 6.45) is 2.28. The molecule has 0 fully saturated rings. The number of benzene rings is 3. The van der Waals surface area contributed by atoms with Gasteiger partial charge < -0.3 is 10.4 Å². The molecule has 3 aromatic carbocycles. The van der Waals surface area contributed by atoms with Gasteiger partial charge in [0.25, 0.3) is 0 Å². The molecule has 0 saturated carbocycles. The molecule has 7 heteroatoms. The van der Waals surface area contributed by atoms with Gasteiger partial charge in [-0.1, -0.05) is 48.5 Å². The molecule has 5 nitrogen and oxygen atoms in total. The second kappa shape index (κ2) is 8.89. The molecule has 4 rings (SSSR count). The highest BCUT2D eigenvalue weighted by molar-refractivity contribution is 5.96. The van der Waals surface area contributed by atoms with Gasteiger partial charge in [-0.15, -0.1) is 0 Å². The zero-order valence-electron chi connectivity index (χ0n) is 16.3. The van der Waals surface area contributed by atoms with Gasteiger partial charge in [0.05, 0.1) is 29.4 Å². The Morgan fingerprint density at radius 2 is 1.81 bits per heavy atom. The van der Waals surface area contributed by atoms with Crippen LogP contribution in [0.25, 0.3) is 23.1 Å². The molecule has 0 spiro atoms. The van der Waals surface area contributed by atoms with Crippen molar-refractivity contribution in [1.82, 2.24) is 10.2 Å². The van der Waals surface area contributed by atoms with Gasteiger partial charge in [-0.3, -0.25) is 9.89 Å². The Balaban J connectivity index is 1.53. The molecule has 1 atom stereocenters. The number of halogens is 2. The van der Waals surface area contributed by atoms with E-state index in [0.29, 0.717) is 22.2 Å². The van der Waals surface area contributed by atoms with Crippen LogP contribution in [0.2, 0.25) is 0 Å². The van der Waals surface area contributed by atoms with E-state index >= 15 is 0 Å². The quantitative estimate of drug-likeness (QED) is 0.408. The second-order valence-electron chi connectivity index (χ2n) is 7.05. The van der Waals surface area contributed by atoms with Gasteiger partial charge in [-0.25, -0.2) is 8.78 Å². The number of nitrogens with one attached hydrogen (secondary N) is 2. The molecule has 156 valence electrons. The van der Waals surface area contributed by atoms with Gasteiger partial charge in [0.15, 0.2) is 0 Å². The monoisotopic (exact) mass is 419 g/mol. The van der Waals surface area contributed by atoms with E-state index in [1.165, 1.54) is 24.3 Å². The number of aliphatic hydroxyl groups excluding tert-OH is 1. The Morgan fingerprint density at radius 3 is 2.55 bits per heavy atom. The molecule has 1 heterocycles. The SMILES string of the molecule is O=C(CC(O)c1ccccc1)Nc1cc2c(/C=C/c3ccc(F)cc3)n[nH]c2cc1F. The van der Waals surface area contributed by atoms with Crippen LogP contribution in [0.5, 0.6) is 0 Å². The van der Waals surface area contributed by atoms with Crippen LogP contribution in [0.15, 0.2) is 66.7 Å². The Hall–Kier alpha value is -3.84. The number of carbonyl (C=O) groups is 1. The molecule has 0 saturated heterocycles. The zero-order valence-corrected chi connectivity index (χ0v) is 16.3. The second-order valence-corrected chi connectivity index (χ2v) is 7.05. The third-order valence-electron chi connectivity index (χ3n) is 4.82. The third kappa shape index (κ3) is 4.84. The van der Waals surface area contributed by atoms with Crippen LogP contribution in [0.4, 0.5) is 14.5 Å². The van der Waals surface area contributed by atoms with Gasteiger partial charge in [0.1, 0.15) is 11.6 Å². The summed E-state index contributed by atoms with van der Waals surface area (Å²) in [5.41, 5.74) is 2.40. The van der Waals surface area contributed by atoms with E-state index in [-0.39, 0.29) is 17.9 Å². The van der Waals surface area contributed by atoms with E-state index in [2.05, 4.69) is 15.5 Å². The highest BCUT2D eigenvalue weighted by atomic mass is 19.1. The summed E-state index contributed by atoms with van der Waals surface area (Å²) in [5, 5.41) is 20.3. The first kappa shape index (κ1) is 20.4. The fraction of sp³-hybridized carbons (Fsp3) is 0.0833. The lowest BCUT2D eigenvalue weighted by Gasteiger charge is -2.12. The number of anilines is 1. The first-order chi connectivity index (χ1) is 15.0. The molecule has 0 aliphatic heterocycles. The molecule has 1 amide bonds. The molecule has 0 radical (unpaired) electrons. The summed E-state index contributed by atoms with van der Waals surface area (Å²) in [5.74, 6) is -1.45. The number of aromatic nitrogens is 2. The van der Waals surface area contributed by atoms with Crippen molar-refractivity contribution in [3.05, 3.63) is 95.2 Å². The predicted molar refractivity (Wildman–Crippen MR) is 116 cm³/mol. The smallest absolute Gasteiger partial charge is 0.227 e. The average Bonchev–Trinajstić information content (AvgIpc) is 3.15. The number of hydrogen-bond donors (Lipinski definition) is 3. The number of nitrogens with zero attached hydrogens (tertiary/aromatic N) is 1. The van der Waals surface area contributed by atoms with Crippen molar-refractivity contribution in [3.63, 3.8) is 0 Å². The number of H-pyrrole nitrogens is 1. The lowest BCUT2D eigenvalue weighted by atomic mass is 10.1. The third-order valence-corrected chi connectivity index (χ3v) is 4.82. The minimum Gasteiger partial charge on any atom is -0.388 e. The van der Waals surface area contributed by atoms with E-state index in [4.69, 9.17) is 0 Å². The summed E-state index contributed by atoms with van der Waals surface area (Å²) >= 11 is 0. The van der Waals surface area contributed by atoms with Gasteiger partial charge in [0.2, 0.25) is 5.91 Å². The number of aliphatic hydroxyl groups is 1. The maximum Gasteiger partial charge on any atom is 0.227 e. The van der Waals surface area contributed by atoms with Crippen molar-refractivity contribution in [2.45, 2.75) is 12.5 Å². The van der Waals surface area contributed by atoms with Crippen LogP contribution in [-0.4, -0.2) is 21.2 Å². The summed E-state index contributed by atoms with van der Waals surface area (Å²) in [6, 6.07) is 17.5. The van der Waals surface area contributed by atoms with E-state index in [1.54, 1.807) is 48.6 Å². The number of rotatable bonds is 6. The van der Waals surface area contributed by atoms with Crippen LogP contribution < -0.4 is 5.32 Å². The number of hydrogen-bond acceptors (Lipinski definition) is 3. The standard InChI is InChI=1S/C24H19F2N3O2/c25-17-9-6-15(7-10-17)8-11-20-18-12-22(19(26)13-21(18)29-28-20)27-24(31)14-23(30)16-4-2-1-3-5-16/h1-13,23,30H,14H2,(H,27,31)(H,28,29)/b11-8+. The number of amides is 1. The van der Waals surface area contributed by atoms with Gasteiger partial charge in [0, 0.05) is 11.5 Å². The van der Waals surface area contributed by atoms with E-state index < -0.39 is 17.8 Å². The van der Waals surface area contributed by atoms with Crippen LogP contribution in [-0.2, 0) is 4.79 Å². The minimum absolute atomic E-state index is 0.00408. The molecule has 31 heavy (non-hydrogen) atoms. The fourth-order valence-electron chi connectivity index (χ4n) is 3.20. The molecule has 3 N–H and O–H groups in total. The average molecular weight is 419 g/mol. The molecular formula is C24H19F2N3O2. The first-order valence-corrected chi connectivity index (χ1v) is 9.64. The Bertz CT molecular complexity index is 1240. The van der Waals surface area contributed by atoms with Crippen molar-refractivity contribution >= 4 is 34.6 Å². The van der Waals surface area contributed by atoms with Crippen molar-refractivity contribution in [2.24, 2.45) is 0 Å². The van der Waals surface area contributed by atoms with Gasteiger partial charge in [-0.05, 0) is 35.4 Å². The van der Waals surface area contributed by atoms with Crippen LogP contribution in [0, 0.1) is 11.6 Å². The zero-order chi connectivity index (χ0) is 21.8. The van der Waals surface area contributed by atoms with Crippen molar-refractivity contribution in [2.75, 3.05) is 5.32 Å². The van der Waals surface area contributed by atoms with E-state index in [0.717, 1.165) is 5.56 Å². The number of carbonyl (C=O) groups excluding carboxylic acids is 1. The van der Waals surface area contributed by atoms with E-state index in [9.17, 15) is 18.7 Å². The summed E-state index contributed by atoms with van der Waals surface area (Å²) < 4.78 is 27.5. The molecular weight excluding hydrogens is 400 g/mol. The Morgan fingerprint density at radius 1 is 1.06 bits per heavy atom. The molecule has 4 aromatic rings. The molecule has 0 aliphatic rings. The normalized spacial score (nSPS) is 12.4. The number of fused-ring (bicyclic) bond motifs is 1. The van der Waals surface area contributed by atoms with Crippen LogP contribution in [0.1, 0.15) is 29.3 Å². The largest absolute Gasteiger partial charge is 0.388 e. The number of aromatic amines is 1. The lowest BCUT2D eigenvalue weighted by molar-refractivity contribution is -0.118. The molecule has 1 unspecified atom stereocenters. The van der Waals surface area contributed by atoms with Crippen molar-refractivity contribution < 1.29 is 18.7 Å². The maximum atomic E-state index is 14.5. The topological polar surface area (TPSA) is 78.0 Å². The summed E-state index contributed by atoms with van der Waals surface area (Å²) in [6.45, 7) is 0. The highest BCUT2D eigenvalue weighted by Crippen LogP contribution is 2.26. The first-order valence-electron chi connectivity index (χ1n) is 9.64. The minimum atomic E-state index is -0.990. The lowest BCUT2D eigenvalue weighted by Crippen LogP contribution is -2.16.